The van der Waals surface area contributed by atoms with E-state index in [2.05, 4.69) is 39.2 Å². The molecule has 0 saturated carbocycles. The van der Waals surface area contributed by atoms with Gasteiger partial charge in [-0.2, -0.15) is 0 Å². The zero-order valence-electron chi connectivity index (χ0n) is 17.1. The second-order valence-corrected chi connectivity index (χ2v) is 9.11. The molecule has 2 aromatic rings. The fourth-order valence-electron chi connectivity index (χ4n) is 3.40. The van der Waals surface area contributed by atoms with Gasteiger partial charge in [-0.05, 0) is 44.1 Å². The highest BCUT2D eigenvalue weighted by molar-refractivity contribution is 7.99. The van der Waals surface area contributed by atoms with Crippen LogP contribution >= 0.6 is 23.4 Å². The molecule has 0 radical (unpaired) electrons. The molecule has 0 spiro atoms. The van der Waals surface area contributed by atoms with E-state index in [-0.39, 0.29) is 17.7 Å². The molecule has 1 unspecified atom stereocenters. The number of carbonyl (C=O) groups is 1. The van der Waals surface area contributed by atoms with Crippen LogP contribution in [0.2, 0.25) is 5.15 Å². The second kappa shape index (κ2) is 10.8. The highest BCUT2D eigenvalue weighted by atomic mass is 35.5. The molecule has 1 aromatic carbocycles. The Kier molecular flexibility index (Phi) is 8.19. The zero-order valence-corrected chi connectivity index (χ0v) is 18.7. The largest absolute Gasteiger partial charge is 0.356 e. The van der Waals surface area contributed by atoms with Crippen LogP contribution < -0.4 is 10.2 Å². The van der Waals surface area contributed by atoms with Crippen molar-refractivity contribution in [3.63, 3.8) is 0 Å². The molecule has 3 rings (SSSR count). The van der Waals surface area contributed by atoms with E-state index in [0.717, 1.165) is 50.5 Å². The number of amides is 1. The van der Waals surface area contributed by atoms with Gasteiger partial charge in [0.15, 0.2) is 5.16 Å². The summed E-state index contributed by atoms with van der Waals surface area (Å²) in [5.74, 6) is 1.89. The number of thioether (sulfide) groups is 1. The van der Waals surface area contributed by atoms with Gasteiger partial charge in [0.1, 0.15) is 11.0 Å². The number of piperidine rings is 1. The summed E-state index contributed by atoms with van der Waals surface area (Å²) in [6.07, 6.45) is 4.18. The topological polar surface area (TPSA) is 58.1 Å². The van der Waals surface area contributed by atoms with Crippen LogP contribution in [-0.2, 0) is 11.2 Å². The van der Waals surface area contributed by atoms with Gasteiger partial charge in [0.2, 0.25) is 5.91 Å². The molecule has 1 atom stereocenters. The minimum Gasteiger partial charge on any atom is -0.356 e. The van der Waals surface area contributed by atoms with E-state index in [4.69, 9.17) is 11.6 Å². The van der Waals surface area contributed by atoms with E-state index < -0.39 is 0 Å². The quantitative estimate of drug-likeness (QED) is 0.375. The van der Waals surface area contributed by atoms with Crippen molar-refractivity contribution >= 4 is 35.1 Å². The Hall–Kier alpha value is -1.79. The van der Waals surface area contributed by atoms with Crippen molar-refractivity contribution in [1.82, 2.24) is 15.3 Å². The van der Waals surface area contributed by atoms with Crippen molar-refractivity contribution in [2.45, 2.75) is 50.7 Å². The first-order chi connectivity index (χ1) is 14.0. The van der Waals surface area contributed by atoms with Crippen LogP contribution in [0.5, 0.6) is 0 Å². The molecular weight excluding hydrogens is 404 g/mol. The van der Waals surface area contributed by atoms with Crippen molar-refractivity contribution in [3.8, 4) is 0 Å². The third-order valence-electron chi connectivity index (χ3n) is 5.22. The maximum absolute atomic E-state index is 12.3. The van der Waals surface area contributed by atoms with E-state index >= 15 is 0 Å². The third kappa shape index (κ3) is 7.19. The van der Waals surface area contributed by atoms with Crippen LogP contribution in [0.4, 0.5) is 5.82 Å². The highest BCUT2D eigenvalue weighted by Crippen LogP contribution is 2.25. The molecule has 1 fully saturated rings. The number of carbonyl (C=O) groups excluding carboxylic acids is 1. The fraction of sp³-hybridized carbons (Fsp3) is 0.500. The number of nitrogens with zero attached hydrogens (tertiary/aromatic N) is 3. The Balaban J connectivity index is 1.47. The molecule has 1 aromatic heterocycles. The summed E-state index contributed by atoms with van der Waals surface area (Å²) < 4.78 is 0. The van der Waals surface area contributed by atoms with E-state index in [9.17, 15) is 4.79 Å². The van der Waals surface area contributed by atoms with Crippen LogP contribution in [0.3, 0.4) is 0 Å². The van der Waals surface area contributed by atoms with Crippen molar-refractivity contribution in [1.29, 1.82) is 0 Å². The molecule has 1 saturated heterocycles. The third-order valence-corrected chi connectivity index (χ3v) is 6.26. The second-order valence-electron chi connectivity index (χ2n) is 7.78. The van der Waals surface area contributed by atoms with Gasteiger partial charge in [-0.15, -0.1) is 0 Å². The smallest absolute Gasteiger partial charge is 0.230 e. The number of rotatable bonds is 8. The van der Waals surface area contributed by atoms with Crippen LogP contribution in [0, 0.1) is 5.92 Å². The Morgan fingerprint density at radius 3 is 2.72 bits per heavy atom. The number of aryl methyl sites for hydroxylation is 1. The first kappa shape index (κ1) is 21.9. The van der Waals surface area contributed by atoms with E-state index in [1.54, 1.807) is 0 Å². The number of hydrogen-bond acceptors (Lipinski definition) is 5. The SMILES string of the molecule is CC1CCN(c2cc(Cl)nc(SCC(=O)NC(C)CCc3ccccc3)n2)CC1. The molecule has 1 amide bonds. The number of halogens is 1. The normalized spacial score (nSPS) is 15.9. The summed E-state index contributed by atoms with van der Waals surface area (Å²) in [6, 6.07) is 12.3. The monoisotopic (exact) mass is 432 g/mol. The van der Waals surface area contributed by atoms with Gasteiger partial charge in [0.05, 0.1) is 5.75 Å². The van der Waals surface area contributed by atoms with Crippen molar-refractivity contribution < 1.29 is 4.79 Å². The molecule has 29 heavy (non-hydrogen) atoms. The maximum atomic E-state index is 12.3. The average molecular weight is 433 g/mol. The van der Waals surface area contributed by atoms with Crippen molar-refractivity contribution in [3.05, 3.63) is 47.1 Å². The summed E-state index contributed by atoms with van der Waals surface area (Å²) >= 11 is 7.54. The lowest BCUT2D eigenvalue weighted by atomic mass is 9.99. The Bertz CT molecular complexity index is 797. The number of aromatic nitrogens is 2. The van der Waals surface area contributed by atoms with Gasteiger partial charge < -0.3 is 10.2 Å². The average Bonchev–Trinajstić information content (AvgIpc) is 2.72. The van der Waals surface area contributed by atoms with Crippen LogP contribution in [0.15, 0.2) is 41.6 Å². The van der Waals surface area contributed by atoms with E-state index in [1.165, 1.54) is 17.3 Å². The number of benzene rings is 1. The van der Waals surface area contributed by atoms with Gasteiger partial charge in [-0.3, -0.25) is 4.79 Å². The molecule has 1 aliphatic rings. The lowest BCUT2D eigenvalue weighted by Crippen LogP contribution is -2.34. The summed E-state index contributed by atoms with van der Waals surface area (Å²) in [6.45, 7) is 6.29. The van der Waals surface area contributed by atoms with Crippen LogP contribution in [-0.4, -0.2) is 40.8 Å². The van der Waals surface area contributed by atoms with Gasteiger partial charge >= 0.3 is 0 Å². The molecule has 0 aliphatic carbocycles. The molecule has 5 nitrogen and oxygen atoms in total. The lowest BCUT2D eigenvalue weighted by molar-refractivity contribution is -0.119. The maximum Gasteiger partial charge on any atom is 0.230 e. The summed E-state index contributed by atoms with van der Waals surface area (Å²) in [5.41, 5.74) is 1.29. The first-order valence-electron chi connectivity index (χ1n) is 10.2. The number of anilines is 1. The standard InChI is InChI=1S/C22H29ClN4OS/c1-16-10-12-27(13-11-16)20-14-19(23)25-22(26-20)29-15-21(28)24-17(2)8-9-18-6-4-3-5-7-18/h3-7,14,16-17H,8-13,15H2,1-2H3,(H,24,28). The predicted molar refractivity (Wildman–Crippen MR) is 121 cm³/mol. The summed E-state index contributed by atoms with van der Waals surface area (Å²) in [5, 5.41) is 4.04. The van der Waals surface area contributed by atoms with E-state index in [0.29, 0.717) is 10.3 Å². The van der Waals surface area contributed by atoms with Gasteiger partial charge in [-0.1, -0.05) is 60.6 Å². The lowest BCUT2D eigenvalue weighted by Gasteiger charge is -2.31. The molecule has 0 bridgehead atoms. The number of nitrogens with one attached hydrogen (secondary N) is 1. The van der Waals surface area contributed by atoms with Gasteiger partial charge in [0, 0.05) is 25.2 Å². The predicted octanol–water partition coefficient (Wildman–Crippen LogP) is 4.60. The minimum atomic E-state index is -0.00696. The van der Waals surface area contributed by atoms with Crippen LogP contribution in [0.25, 0.3) is 0 Å². The fourth-order valence-corrected chi connectivity index (χ4v) is 4.29. The van der Waals surface area contributed by atoms with E-state index in [1.807, 2.05) is 31.2 Å². The highest BCUT2D eigenvalue weighted by Gasteiger charge is 2.18. The molecule has 2 heterocycles. The minimum absolute atomic E-state index is 0.00696. The zero-order chi connectivity index (χ0) is 20.6. The van der Waals surface area contributed by atoms with Crippen molar-refractivity contribution in [2.24, 2.45) is 5.92 Å². The van der Waals surface area contributed by atoms with Gasteiger partial charge in [-0.25, -0.2) is 9.97 Å². The Labute approximate surface area is 182 Å². The summed E-state index contributed by atoms with van der Waals surface area (Å²) in [7, 11) is 0. The number of hydrogen-bond donors (Lipinski definition) is 1. The molecule has 1 N–H and O–H groups in total. The Morgan fingerprint density at radius 1 is 1.28 bits per heavy atom. The Morgan fingerprint density at radius 2 is 2.00 bits per heavy atom. The van der Waals surface area contributed by atoms with Crippen LogP contribution in [0.1, 0.15) is 38.7 Å². The van der Waals surface area contributed by atoms with Crippen molar-refractivity contribution in [2.75, 3.05) is 23.7 Å². The molecule has 1 aliphatic heterocycles. The summed E-state index contributed by atoms with van der Waals surface area (Å²) in [4.78, 5) is 23.5. The first-order valence-corrected chi connectivity index (χ1v) is 11.6. The molecular formula is C22H29ClN4OS. The molecule has 156 valence electrons. The molecule has 7 heteroatoms. The van der Waals surface area contributed by atoms with Gasteiger partial charge in [0.25, 0.3) is 0 Å².